The minimum absolute atomic E-state index is 0.222. The first-order valence-electron chi connectivity index (χ1n) is 9.56. The molecule has 1 aromatic heterocycles. The topological polar surface area (TPSA) is 110 Å². The lowest BCUT2D eigenvalue weighted by Gasteiger charge is -2.27. The molecular formula is C21H24N4O5. The molecule has 9 heteroatoms. The highest BCUT2D eigenvalue weighted by atomic mass is 16.5. The van der Waals surface area contributed by atoms with Crippen LogP contribution >= 0.6 is 0 Å². The van der Waals surface area contributed by atoms with E-state index >= 15 is 0 Å². The van der Waals surface area contributed by atoms with E-state index < -0.39 is 24.5 Å². The number of hydrogen-bond acceptors (Lipinski definition) is 7. The Labute approximate surface area is 174 Å². The predicted molar refractivity (Wildman–Crippen MR) is 111 cm³/mol. The van der Waals surface area contributed by atoms with E-state index in [4.69, 9.17) is 9.47 Å². The zero-order valence-corrected chi connectivity index (χ0v) is 16.9. The van der Waals surface area contributed by atoms with E-state index in [2.05, 4.69) is 20.5 Å². The van der Waals surface area contributed by atoms with Crippen molar-refractivity contribution in [2.45, 2.75) is 13.8 Å². The summed E-state index contributed by atoms with van der Waals surface area (Å²) >= 11 is 0. The lowest BCUT2D eigenvalue weighted by atomic mass is 10.1. The minimum Gasteiger partial charge on any atom is -0.452 e. The number of nitrogens with zero attached hydrogens (tertiary/aromatic N) is 2. The van der Waals surface area contributed by atoms with Crippen molar-refractivity contribution in [2.24, 2.45) is 0 Å². The highest BCUT2D eigenvalue weighted by Gasteiger charge is 2.16. The van der Waals surface area contributed by atoms with Crippen LogP contribution in [0.15, 0.2) is 36.5 Å². The minimum atomic E-state index is -0.734. The molecule has 1 fully saturated rings. The van der Waals surface area contributed by atoms with E-state index in [0.29, 0.717) is 18.9 Å². The van der Waals surface area contributed by atoms with Gasteiger partial charge in [-0.15, -0.1) is 0 Å². The number of morpholine rings is 1. The second-order valence-electron chi connectivity index (χ2n) is 6.88. The molecule has 9 nitrogen and oxygen atoms in total. The SMILES string of the molecule is Cc1ccc(NC(=O)NC(=O)COC(=O)c2ccc(N3CCOCC3)nc2)cc1C. The summed E-state index contributed by atoms with van der Waals surface area (Å²) < 4.78 is 10.3. The third-order valence-corrected chi connectivity index (χ3v) is 4.67. The van der Waals surface area contributed by atoms with Crippen LogP contribution in [0.2, 0.25) is 0 Å². The molecule has 0 unspecified atom stereocenters. The number of urea groups is 1. The van der Waals surface area contributed by atoms with Crippen molar-refractivity contribution >= 4 is 29.4 Å². The second kappa shape index (κ2) is 9.84. The van der Waals surface area contributed by atoms with Crippen molar-refractivity contribution in [3.63, 3.8) is 0 Å². The fourth-order valence-electron chi connectivity index (χ4n) is 2.84. The lowest BCUT2D eigenvalue weighted by molar-refractivity contribution is -0.123. The summed E-state index contributed by atoms with van der Waals surface area (Å²) in [4.78, 5) is 42.2. The van der Waals surface area contributed by atoms with Gasteiger partial charge in [0.05, 0.1) is 18.8 Å². The Morgan fingerprint density at radius 3 is 2.53 bits per heavy atom. The van der Waals surface area contributed by atoms with Crippen LogP contribution in [0.4, 0.5) is 16.3 Å². The Kier molecular flexibility index (Phi) is 6.97. The number of amides is 3. The predicted octanol–water partition coefficient (Wildman–Crippen LogP) is 2.04. The summed E-state index contributed by atoms with van der Waals surface area (Å²) in [6.07, 6.45) is 1.40. The van der Waals surface area contributed by atoms with Crippen molar-refractivity contribution in [3.05, 3.63) is 53.2 Å². The summed E-state index contributed by atoms with van der Waals surface area (Å²) in [5, 5.41) is 4.68. The van der Waals surface area contributed by atoms with Gasteiger partial charge in [-0.1, -0.05) is 6.07 Å². The van der Waals surface area contributed by atoms with Gasteiger partial charge in [0.25, 0.3) is 5.91 Å². The maximum absolute atomic E-state index is 12.1. The molecule has 1 aliphatic heterocycles. The number of carbonyl (C=O) groups is 3. The molecule has 3 amide bonds. The number of esters is 1. The first kappa shape index (κ1) is 21.3. The van der Waals surface area contributed by atoms with Crippen molar-refractivity contribution < 1.29 is 23.9 Å². The first-order chi connectivity index (χ1) is 14.4. The number of anilines is 2. The molecule has 0 aliphatic carbocycles. The molecule has 2 heterocycles. The van der Waals surface area contributed by atoms with E-state index in [0.717, 1.165) is 30.0 Å². The zero-order chi connectivity index (χ0) is 21.5. The molecular weight excluding hydrogens is 388 g/mol. The van der Waals surface area contributed by atoms with Gasteiger partial charge >= 0.3 is 12.0 Å². The number of carbonyl (C=O) groups excluding carboxylic acids is 3. The molecule has 3 rings (SSSR count). The zero-order valence-electron chi connectivity index (χ0n) is 16.9. The molecule has 0 bridgehead atoms. The third kappa shape index (κ3) is 5.77. The van der Waals surface area contributed by atoms with Crippen LogP contribution in [0.5, 0.6) is 0 Å². The van der Waals surface area contributed by atoms with Crippen LogP contribution in [0.1, 0.15) is 21.5 Å². The van der Waals surface area contributed by atoms with Crippen molar-refractivity contribution in [2.75, 3.05) is 43.1 Å². The Bertz CT molecular complexity index is 923. The number of pyridine rings is 1. The third-order valence-electron chi connectivity index (χ3n) is 4.67. The van der Waals surface area contributed by atoms with Crippen LogP contribution in [0, 0.1) is 13.8 Å². The molecule has 1 aliphatic rings. The number of ether oxygens (including phenoxy) is 2. The van der Waals surface area contributed by atoms with Gasteiger partial charge in [-0.2, -0.15) is 0 Å². The summed E-state index contributed by atoms with van der Waals surface area (Å²) in [5.41, 5.74) is 2.89. The van der Waals surface area contributed by atoms with Crippen LogP contribution in [-0.4, -0.2) is 55.8 Å². The molecule has 2 aromatic rings. The number of aryl methyl sites for hydroxylation is 2. The highest BCUT2D eigenvalue weighted by molar-refractivity contribution is 6.02. The van der Waals surface area contributed by atoms with Crippen LogP contribution < -0.4 is 15.5 Å². The Balaban J connectivity index is 1.45. The Morgan fingerprint density at radius 2 is 1.87 bits per heavy atom. The van der Waals surface area contributed by atoms with E-state index in [1.165, 1.54) is 6.20 Å². The molecule has 0 saturated carbocycles. The maximum atomic E-state index is 12.1. The molecule has 2 N–H and O–H groups in total. The molecule has 0 radical (unpaired) electrons. The highest BCUT2D eigenvalue weighted by Crippen LogP contribution is 2.14. The molecule has 158 valence electrons. The van der Waals surface area contributed by atoms with Gasteiger partial charge < -0.3 is 19.7 Å². The van der Waals surface area contributed by atoms with Gasteiger partial charge in [0, 0.05) is 25.0 Å². The fourth-order valence-corrected chi connectivity index (χ4v) is 2.84. The summed E-state index contributed by atoms with van der Waals surface area (Å²) in [6, 6.07) is 8.01. The van der Waals surface area contributed by atoms with Gasteiger partial charge in [0.15, 0.2) is 6.61 Å². The largest absolute Gasteiger partial charge is 0.452 e. The number of rotatable bonds is 5. The normalized spacial score (nSPS) is 13.5. The van der Waals surface area contributed by atoms with Crippen molar-refractivity contribution in [3.8, 4) is 0 Å². The number of imide groups is 1. The summed E-state index contributed by atoms with van der Waals surface area (Å²) in [6.45, 7) is 6.05. The van der Waals surface area contributed by atoms with Gasteiger partial charge in [-0.3, -0.25) is 10.1 Å². The lowest BCUT2D eigenvalue weighted by Crippen LogP contribution is -2.37. The van der Waals surface area contributed by atoms with Gasteiger partial charge in [0.2, 0.25) is 0 Å². The Hall–Kier alpha value is -3.46. The number of aromatic nitrogens is 1. The quantitative estimate of drug-likeness (QED) is 0.723. The van der Waals surface area contributed by atoms with Crippen LogP contribution in [-0.2, 0) is 14.3 Å². The van der Waals surface area contributed by atoms with E-state index in [9.17, 15) is 14.4 Å². The van der Waals surface area contributed by atoms with Crippen LogP contribution in [0.3, 0.4) is 0 Å². The average molecular weight is 412 g/mol. The van der Waals surface area contributed by atoms with E-state index in [-0.39, 0.29) is 5.56 Å². The smallest absolute Gasteiger partial charge is 0.340 e. The monoisotopic (exact) mass is 412 g/mol. The Morgan fingerprint density at radius 1 is 1.10 bits per heavy atom. The standard InChI is InChI=1S/C21H24N4O5/c1-14-3-5-17(11-15(14)2)23-21(28)24-19(26)13-30-20(27)16-4-6-18(22-12-16)25-7-9-29-10-8-25/h3-6,11-12H,7-10,13H2,1-2H3,(H2,23,24,26,28). The van der Waals surface area contributed by atoms with Gasteiger partial charge in [-0.25, -0.2) is 14.6 Å². The van der Waals surface area contributed by atoms with Crippen molar-refractivity contribution in [1.29, 1.82) is 0 Å². The number of nitrogens with one attached hydrogen (secondary N) is 2. The molecule has 1 aromatic carbocycles. The average Bonchev–Trinajstić information content (AvgIpc) is 2.75. The van der Waals surface area contributed by atoms with E-state index in [1.807, 2.05) is 19.9 Å². The van der Waals surface area contributed by atoms with Crippen molar-refractivity contribution in [1.82, 2.24) is 10.3 Å². The second-order valence-corrected chi connectivity index (χ2v) is 6.88. The number of hydrogen-bond donors (Lipinski definition) is 2. The summed E-state index contributed by atoms with van der Waals surface area (Å²) in [5.74, 6) is -0.682. The van der Waals surface area contributed by atoms with Gasteiger partial charge in [0.1, 0.15) is 5.82 Å². The molecule has 1 saturated heterocycles. The fraction of sp³-hybridized carbons (Fsp3) is 0.333. The van der Waals surface area contributed by atoms with Gasteiger partial charge in [-0.05, 0) is 49.2 Å². The molecule has 0 spiro atoms. The van der Waals surface area contributed by atoms with Crippen LogP contribution in [0.25, 0.3) is 0 Å². The maximum Gasteiger partial charge on any atom is 0.340 e. The molecule has 0 atom stereocenters. The first-order valence-corrected chi connectivity index (χ1v) is 9.56. The summed E-state index contributed by atoms with van der Waals surface area (Å²) in [7, 11) is 0. The molecule has 30 heavy (non-hydrogen) atoms. The van der Waals surface area contributed by atoms with E-state index in [1.54, 1.807) is 24.3 Å². The number of benzene rings is 1.